The highest BCUT2D eigenvalue weighted by Gasteiger charge is 2.42. The first-order chi connectivity index (χ1) is 20.9. The first kappa shape index (κ1) is 33.4. The summed E-state index contributed by atoms with van der Waals surface area (Å²) in [4.78, 5) is 77.6. The molecule has 2 fully saturated rings. The molecule has 2 aromatic rings. The van der Waals surface area contributed by atoms with E-state index >= 15 is 0 Å². The number of hydrogen-bond acceptors (Lipinski definition) is 10. The maximum Gasteiger partial charge on any atom is 0.269 e. The van der Waals surface area contributed by atoms with E-state index in [0.717, 1.165) is 23.5 Å². The van der Waals surface area contributed by atoms with E-state index in [4.69, 9.17) is 47.6 Å². The summed E-state index contributed by atoms with van der Waals surface area (Å²) in [5, 5.41) is 0.716. The Balaban J connectivity index is 1.27. The van der Waals surface area contributed by atoms with Crippen LogP contribution in [-0.2, 0) is 19.2 Å². The van der Waals surface area contributed by atoms with Crippen molar-refractivity contribution < 1.29 is 28.8 Å². The van der Waals surface area contributed by atoms with Crippen LogP contribution in [-0.4, -0.2) is 67.0 Å². The molecular weight excluding hydrogens is 691 g/mol. The molecule has 0 radical (unpaired) electrons. The van der Waals surface area contributed by atoms with E-state index in [2.05, 4.69) is 21.7 Å². The average molecular weight is 712 g/mol. The highest BCUT2D eigenvalue weighted by Crippen LogP contribution is 2.42. The molecule has 2 aromatic carbocycles. The van der Waals surface area contributed by atoms with E-state index < -0.39 is 35.4 Å². The fraction of sp³-hybridized carbons (Fsp3) is 0.154. The summed E-state index contributed by atoms with van der Waals surface area (Å²) in [6.07, 6.45) is -0.390. The van der Waals surface area contributed by atoms with E-state index in [0.29, 0.717) is 10.0 Å². The molecule has 44 heavy (non-hydrogen) atoms. The van der Waals surface area contributed by atoms with Gasteiger partial charge in [0.25, 0.3) is 23.6 Å². The maximum absolute atomic E-state index is 13.1. The summed E-state index contributed by atoms with van der Waals surface area (Å²) >= 11 is 24.1. The van der Waals surface area contributed by atoms with Crippen molar-refractivity contribution in [2.45, 2.75) is 12.8 Å². The van der Waals surface area contributed by atoms with E-state index in [9.17, 15) is 28.8 Å². The summed E-state index contributed by atoms with van der Waals surface area (Å²) in [7, 11) is 0. The van der Waals surface area contributed by atoms with Crippen LogP contribution in [0.3, 0.4) is 0 Å². The van der Waals surface area contributed by atoms with E-state index in [1.165, 1.54) is 34.1 Å². The van der Waals surface area contributed by atoms with Crippen LogP contribution in [0, 0.1) is 0 Å². The van der Waals surface area contributed by atoms with Crippen molar-refractivity contribution in [2.75, 3.05) is 13.1 Å². The molecule has 4 N–H and O–H groups in total. The zero-order valence-corrected chi connectivity index (χ0v) is 27.0. The number of benzene rings is 2. The molecule has 0 atom stereocenters. The predicted molar refractivity (Wildman–Crippen MR) is 174 cm³/mol. The van der Waals surface area contributed by atoms with Gasteiger partial charge >= 0.3 is 0 Å². The third-order valence-electron chi connectivity index (χ3n) is 5.83. The number of nitrogens with zero attached hydrogens (tertiary/aromatic N) is 2. The van der Waals surface area contributed by atoms with Crippen LogP contribution in [0.1, 0.15) is 33.6 Å². The summed E-state index contributed by atoms with van der Waals surface area (Å²) in [6, 6.07) is 12.3. The van der Waals surface area contributed by atoms with Gasteiger partial charge < -0.3 is 0 Å². The van der Waals surface area contributed by atoms with Crippen LogP contribution in [0.5, 0.6) is 0 Å². The molecule has 12 nitrogen and oxygen atoms in total. The molecule has 228 valence electrons. The molecule has 0 bridgehead atoms. The number of nitrogens with one attached hydrogen (secondary N) is 4. The Morgan fingerprint density at radius 2 is 1.05 bits per heavy atom. The quantitative estimate of drug-likeness (QED) is 0.183. The van der Waals surface area contributed by atoms with Gasteiger partial charge in [-0.25, -0.2) is 0 Å². The van der Waals surface area contributed by atoms with E-state index in [1.807, 2.05) is 0 Å². The number of thiocarbonyl (C=S) groups is 2. The molecule has 0 saturated carbocycles. The Bertz CT molecular complexity index is 1520. The standard InChI is InChI=1S/C26H20Cl2N6O6S4/c27-15-5-1-3-13(11-15)21(37)31-29-17(35)7-9-33-23(39)19(43-25(33)41)20-24(40)34(26(42)44-20)10-8-18(36)30-32-22(38)14-4-2-6-16(28)12-14/h1-6,11-12H,7-10H2,(H,29,35)(H,30,36)(H,31,37)(H,32,38)/b20-19+. The Kier molecular flexibility index (Phi) is 11.3. The first-order valence-corrected chi connectivity index (χ1v) is 15.7. The Morgan fingerprint density at radius 1 is 0.659 bits per heavy atom. The Morgan fingerprint density at radius 3 is 1.41 bits per heavy atom. The van der Waals surface area contributed by atoms with Gasteiger partial charge in [-0.05, 0) is 36.4 Å². The normalized spacial score (nSPS) is 16.3. The molecule has 18 heteroatoms. The lowest BCUT2D eigenvalue weighted by molar-refractivity contribution is -0.126. The van der Waals surface area contributed by atoms with Crippen LogP contribution in [0.25, 0.3) is 0 Å². The van der Waals surface area contributed by atoms with Crippen LogP contribution in [0.2, 0.25) is 10.0 Å². The Labute approximate surface area is 279 Å². The molecule has 0 spiro atoms. The second kappa shape index (κ2) is 15.0. The fourth-order valence-corrected chi connectivity index (χ4v) is 6.82. The smallest absolute Gasteiger partial charge is 0.269 e. The predicted octanol–water partition coefficient (Wildman–Crippen LogP) is 2.93. The van der Waals surface area contributed by atoms with Gasteiger partial charge in [-0.15, -0.1) is 0 Å². The van der Waals surface area contributed by atoms with Gasteiger partial charge in [-0.3, -0.25) is 60.3 Å². The topological polar surface area (TPSA) is 157 Å². The van der Waals surface area contributed by atoms with Crippen LogP contribution in [0.15, 0.2) is 58.3 Å². The largest absolute Gasteiger partial charge is 0.292 e. The molecule has 6 amide bonds. The first-order valence-electron chi connectivity index (χ1n) is 12.5. The van der Waals surface area contributed by atoms with Gasteiger partial charge in [0.1, 0.15) is 8.64 Å². The van der Waals surface area contributed by atoms with Crippen molar-refractivity contribution >= 4 is 115 Å². The maximum atomic E-state index is 13.1. The average Bonchev–Trinajstić information content (AvgIpc) is 3.44. The van der Waals surface area contributed by atoms with E-state index in [-0.39, 0.29) is 55.5 Å². The third kappa shape index (κ3) is 8.34. The van der Waals surface area contributed by atoms with Crippen molar-refractivity contribution in [3.63, 3.8) is 0 Å². The summed E-state index contributed by atoms with van der Waals surface area (Å²) in [5.41, 5.74) is 9.55. The second-order valence-electron chi connectivity index (χ2n) is 8.83. The molecule has 0 aliphatic carbocycles. The minimum absolute atomic E-state index is 0.0581. The van der Waals surface area contributed by atoms with Crippen LogP contribution >= 0.6 is 71.2 Å². The van der Waals surface area contributed by atoms with Crippen molar-refractivity contribution in [3.05, 3.63) is 79.5 Å². The van der Waals surface area contributed by atoms with Gasteiger partial charge in [0.15, 0.2) is 0 Å². The lowest BCUT2D eigenvalue weighted by Crippen LogP contribution is -2.43. The van der Waals surface area contributed by atoms with Crippen molar-refractivity contribution in [1.82, 2.24) is 31.5 Å². The van der Waals surface area contributed by atoms with Gasteiger partial charge in [0.05, 0.1) is 9.81 Å². The van der Waals surface area contributed by atoms with Crippen molar-refractivity contribution in [1.29, 1.82) is 0 Å². The SMILES string of the molecule is O=C(CCN1C(=O)/C(=C2\SC(=S)N(CCC(=O)NNC(=O)c3cccc(Cl)c3)C2=O)SC1=S)NNC(=O)c1cccc(Cl)c1. The zero-order chi connectivity index (χ0) is 32.0. The number of hydrogen-bond donors (Lipinski definition) is 4. The van der Waals surface area contributed by atoms with Crippen LogP contribution < -0.4 is 21.7 Å². The number of carbonyl (C=O) groups is 6. The summed E-state index contributed by atoms with van der Waals surface area (Å²) in [6.45, 7) is -0.206. The lowest BCUT2D eigenvalue weighted by atomic mass is 10.2. The molecule has 4 rings (SSSR count). The monoisotopic (exact) mass is 710 g/mol. The zero-order valence-electron chi connectivity index (χ0n) is 22.2. The fourth-order valence-electron chi connectivity index (χ4n) is 3.66. The summed E-state index contributed by atoms with van der Waals surface area (Å²) < 4.78 is 0.279. The number of halogens is 2. The number of hydrazine groups is 2. The highest BCUT2D eigenvalue weighted by atomic mass is 35.5. The minimum Gasteiger partial charge on any atom is -0.292 e. The molecule has 2 saturated heterocycles. The minimum atomic E-state index is -0.581. The lowest BCUT2D eigenvalue weighted by Gasteiger charge is -2.15. The van der Waals surface area contributed by atoms with Crippen molar-refractivity contribution in [2.24, 2.45) is 0 Å². The van der Waals surface area contributed by atoms with Gasteiger partial charge in [0, 0.05) is 47.1 Å². The number of thioether (sulfide) groups is 2. The molecule has 2 heterocycles. The van der Waals surface area contributed by atoms with Crippen molar-refractivity contribution in [3.8, 4) is 0 Å². The summed E-state index contributed by atoms with van der Waals surface area (Å²) in [5.74, 6) is -3.46. The second-order valence-corrected chi connectivity index (χ2v) is 13.0. The molecular formula is C26H20Cl2N6O6S4. The Hall–Kier alpha value is -3.54. The van der Waals surface area contributed by atoms with Gasteiger partial charge in [-0.1, -0.05) is 83.3 Å². The number of rotatable bonds is 8. The van der Waals surface area contributed by atoms with E-state index in [1.54, 1.807) is 24.3 Å². The molecule has 2 aliphatic heterocycles. The molecule has 2 aliphatic rings. The third-order valence-corrected chi connectivity index (χ3v) is 9.33. The van der Waals surface area contributed by atoms with Gasteiger partial charge in [-0.2, -0.15) is 0 Å². The molecule has 0 unspecified atom stereocenters. The number of carbonyl (C=O) groups excluding carboxylic acids is 6. The van der Waals surface area contributed by atoms with Crippen LogP contribution in [0.4, 0.5) is 0 Å². The highest BCUT2D eigenvalue weighted by molar-refractivity contribution is 8.29. The number of amides is 6. The van der Waals surface area contributed by atoms with Gasteiger partial charge in [0.2, 0.25) is 11.8 Å². The molecule has 0 aromatic heterocycles.